The Balaban J connectivity index is 5.04. The van der Waals surface area contributed by atoms with E-state index in [-0.39, 0.29) is 0 Å². The number of hydrogen-bond acceptors (Lipinski definition) is 0. The van der Waals surface area contributed by atoms with Crippen molar-refractivity contribution in [3.05, 3.63) is 0 Å². The van der Waals surface area contributed by atoms with Crippen LogP contribution in [0.2, 0.25) is 5.54 Å². The first-order chi connectivity index (χ1) is 5.44. The lowest BCUT2D eigenvalue weighted by Gasteiger charge is -2.38. The molecule has 0 amide bonds. The van der Waals surface area contributed by atoms with Gasteiger partial charge in [-0.25, -0.2) is 0 Å². The molecule has 13 heavy (non-hydrogen) atoms. The van der Waals surface area contributed by atoms with Gasteiger partial charge < -0.3 is 0 Å². The average Bonchev–Trinajstić information content (AvgIpc) is 1.84. The van der Waals surface area contributed by atoms with Crippen LogP contribution in [-0.2, 0) is 0 Å². The van der Waals surface area contributed by atoms with Crippen molar-refractivity contribution >= 4 is 157 Å². The van der Waals surface area contributed by atoms with Crippen molar-refractivity contribution in [1.29, 1.82) is 0 Å². The van der Waals surface area contributed by atoms with Gasteiger partial charge in [-0.15, -0.1) is 87.2 Å². The van der Waals surface area contributed by atoms with Crippen LogP contribution in [0, 0.1) is 0 Å². The van der Waals surface area contributed by atoms with Crippen LogP contribution < -0.4 is 0 Å². The predicted octanol–water partition coefficient (Wildman–Crippen LogP) is 6.42. The predicted molar refractivity (Wildman–Crippen MR) is 130 cm³/mol. The van der Waals surface area contributed by atoms with Crippen molar-refractivity contribution in [2.24, 2.45) is 0 Å². The Hall–Kier alpha value is 5.76. The summed E-state index contributed by atoms with van der Waals surface area (Å²) in [6, 6.07) is 0. The highest BCUT2D eigenvalue weighted by Crippen LogP contribution is 2.58. The number of rotatable bonds is 3. The maximum atomic E-state index is 2.85. The second-order valence-electron chi connectivity index (χ2n) is 2.85. The van der Waals surface area contributed by atoms with E-state index in [1.54, 1.807) is 0 Å². The first-order valence-corrected chi connectivity index (χ1v) is 33.1. The Morgan fingerprint density at radius 3 is 1.15 bits per heavy atom. The molecule has 80 valence electrons. The summed E-state index contributed by atoms with van der Waals surface area (Å²) >= 11 is 19.6. The molecule has 0 heterocycles. The molecule has 0 aliphatic rings. The topological polar surface area (TPSA) is 0 Å². The summed E-state index contributed by atoms with van der Waals surface area (Å²) in [6.45, 7) is 4.82. The van der Waals surface area contributed by atoms with Crippen LogP contribution in [-0.4, -0.2) is 4.77 Å². The fourth-order valence-corrected chi connectivity index (χ4v) is 162. The summed E-state index contributed by atoms with van der Waals surface area (Å²) in [5.74, 6) is 0. The Labute approximate surface area is 172 Å². The lowest BCUT2D eigenvalue weighted by Crippen LogP contribution is -2.58. The Morgan fingerprint density at radius 2 is 1.08 bits per heavy atom. The SMILES string of the molecule is CC(C)[Si](I)(I)[Si](I)(I)[Si](I)(I)I. The van der Waals surface area contributed by atoms with E-state index < -0.39 is 4.77 Å². The molecule has 0 spiro atoms. The van der Waals surface area contributed by atoms with Crippen molar-refractivity contribution in [3.63, 3.8) is 0 Å². The highest BCUT2D eigenvalue weighted by atomic mass is 127. The van der Waals surface area contributed by atoms with Crippen LogP contribution in [0.1, 0.15) is 13.8 Å². The highest BCUT2D eigenvalue weighted by Gasteiger charge is 2.63. The van der Waals surface area contributed by atoms with Gasteiger partial charge in [0.2, 0.25) is 4.69 Å². The summed E-state index contributed by atoms with van der Waals surface area (Å²) in [7, 11) is 0. The van der Waals surface area contributed by atoms with Crippen LogP contribution in [0.15, 0.2) is 0 Å². The molecule has 10 heteroatoms. The second-order valence-corrected chi connectivity index (χ2v) is 111. The lowest BCUT2D eigenvalue weighted by atomic mass is 10.6. The quantitative estimate of drug-likeness (QED) is 0.174. The zero-order valence-corrected chi connectivity index (χ0v) is 24.8. The van der Waals surface area contributed by atoms with Crippen molar-refractivity contribution in [2.75, 3.05) is 0 Å². The zero-order chi connectivity index (χ0) is 11.1. The molecule has 0 aromatic rings. The lowest BCUT2D eigenvalue weighted by molar-refractivity contribution is 1.07. The van der Waals surface area contributed by atoms with Crippen molar-refractivity contribution in [3.8, 4) is 0 Å². The molecule has 0 aliphatic heterocycles. The Bertz CT molecular complexity index is 184. The van der Waals surface area contributed by atoms with Crippen LogP contribution in [0.25, 0.3) is 0 Å². The van der Waals surface area contributed by atoms with E-state index in [1.165, 1.54) is 0 Å². The van der Waals surface area contributed by atoms with Gasteiger partial charge in [0.1, 0.15) is 0 Å². The third-order valence-electron chi connectivity index (χ3n) is 1.50. The van der Waals surface area contributed by atoms with Gasteiger partial charge in [-0.05, 0) is 5.54 Å². The normalized spacial score (nSPS) is 15.2. The minimum Gasteiger partial charge on any atom is -0.107 e. The molecule has 0 bridgehead atoms. The molecule has 0 N–H and O–H groups in total. The van der Waals surface area contributed by atoms with E-state index >= 15 is 0 Å². The second kappa shape index (κ2) is 6.97. The van der Waals surface area contributed by atoms with Gasteiger partial charge in [-0.2, -0.15) is 0 Å². The van der Waals surface area contributed by atoms with Crippen LogP contribution >= 0.6 is 153 Å². The maximum absolute atomic E-state index is 2.85. The van der Waals surface area contributed by atoms with Crippen LogP contribution in [0.5, 0.6) is 0 Å². The zero-order valence-electron chi connectivity index (χ0n) is 6.72. The molecular formula is C3H7I7Si3. The third-order valence-corrected chi connectivity index (χ3v) is 207. The molecule has 0 radical (unpaired) electrons. The van der Waals surface area contributed by atoms with Crippen LogP contribution in [0.3, 0.4) is 0 Å². The molecule has 0 aliphatic carbocycles. The number of hydrogen-bond donors (Lipinski definition) is 0. The average molecular weight is 1020 g/mol. The molecular weight excluding hydrogens is 1010 g/mol. The standard InChI is InChI=1S/C3H7I7Si3/c1-3(2)11(4,5)13(9,10)12(6,7)8/h3H,1-2H3. The van der Waals surface area contributed by atoms with Crippen molar-refractivity contribution in [2.45, 2.75) is 19.4 Å². The van der Waals surface area contributed by atoms with Crippen LogP contribution in [0.4, 0.5) is 0 Å². The summed E-state index contributed by atoms with van der Waals surface area (Å²) in [5, 5.41) is 0. The largest absolute Gasteiger partial charge is 0.263 e. The maximum Gasteiger partial charge on any atom is 0.263 e. The smallest absolute Gasteiger partial charge is 0.107 e. The molecule has 0 aromatic heterocycles. The van der Waals surface area contributed by atoms with E-state index in [4.69, 9.17) is 0 Å². The Kier molecular flexibility index (Phi) is 10.1. The van der Waals surface area contributed by atoms with E-state index in [1.807, 2.05) is 0 Å². The van der Waals surface area contributed by atoms with Gasteiger partial charge in [-0.3, -0.25) is 0 Å². The van der Waals surface area contributed by atoms with E-state index in [0.717, 1.165) is 5.54 Å². The van der Waals surface area contributed by atoms with E-state index in [9.17, 15) is 0 Å². The minimum atomic E-state index is -1.05. The van der Waals surface area contributed by atoms with Gasteiger partial charge in [0.05, 0.1) is 0 Å². The van der Waals surface area contributed by atoms with Gasteiger partial charge in [-0.1, -0.05) is 79.2 Å². The van der Waals surface area contributed by atoms with Gasteiger partial charge in [0.25, 0.3) is 0.0813 Å². The van der Waals surface area contributed by atoms with E-state index in [0.29, 0.717) is 0 Å². The fraction of sp³-hybridized carbons (Fsp3) is 1.00. The Morgan fingerprint density at radius 1 is 0.769 bits per heavy atom. The molecule has 0 saturated carbocycles. The van der Waals surface area contributed by atoms with Gasteiger partial charge in [0, 0.05) is 0 Å². The van der Waals surface area contributed by atoms with E-state index in [2.05, 4.69) is 166 Å². The summed E-state index contributed by atoms with van der Waals surface area (Å²) in [6.07, 6.45) is 0. The first kappa shape index (κ1) is 18.8. The monoisotopic (exact) mass is 1020 g/mol. The minimum absolute atomic E-state index is 0.903. The summed E-state index contributed by atoms with van der Waals surface area (Å²) in [5.41, 5.74) is 0.903. The molecule has 0 unspecified atom stereocenters. The molecule has 0 rings (SSSR count). The van der Waals surface area contributed by atoms with Crippen molar-refractivity contribution in [1.82, 2.24) is 0 Å². The van der Waals surface area contributed by atoms with Crippen molar-refractivity contribution < 1.29 is 0 Å². The molecule has 0 atom stereocenters. The molecule has 0 saturated heterocycles. The number of halogens is 7. The summed E-state index contributed by atoms with van der Waals surface area (Å²) < 4.78 is -3.11. The molecule has 0 nitrogen and oxygen atoms in total. The molecule has 0 fully saturated rings. The third kappa shape index (κ3) is 4.98. The van der Waals surface area contributed by atoms with Gasteiger partial charge in [0.15, 0.2) is 0 Å². The van der Waals surface area contributed by atoms with Gasteiger partial charge >= 0.3 is 0 Å². The molecule has 0 aromatic carbocycles. The first-order valence-electron chi connectivity index (χ1n) is 3.27. The fourth-order valence-electron chi connectivity index (χ4n) is 0.552. The highest BCUT2D eigenvalue weighted by molar-refractivity contribution is 14.4. The summed E-state index contributed by atoms with van der Waals surface area (Å²) in [4.78, 5) is 0.